The van der Waals surface area contributed by atoms with Gasteiger partial charge in [0.1, 0.15) is 11.3 Å². The number of aromatic nitrogens is 2. The molecule has 3 amide bonds. The minimum atomic E-state index is -0.611. The van der Waals surface area contributed by atoms with Gasteiger partial charge >= 0.3 is 6.03 Å². The summed E-state index contributed by atoms with van der Waals surface area (Å²) >= 11 is 6.77. The van der Waals surface area contributed by atoms with Gasteiger partial charge in [0.2, 0.25) is 11.9 Å². The molecule has 0 spiro atoms. The fourth-order valence-electron chi connectivity index (χ4n) is 5.22. The fourth-order valence-corrected chi connectivity index (χ4v) is 5.53. The molecule has 0 unspecified atom stereocenters. The van der Waals surface area contributed by atoms with Crippen molar-refractivity contribution in [1.82, 2.24) is 19.8 Å². The molecule has 2 heterocycles. The predicted molar refractivity (Wildman–Crippen MR) is 152 cm³/mol. The van der Waals surface area contributed by atoms with Gasteiger partial charge in [0, 0.05) is 81.6 Å². The summed E-state index contributed by atoms with van der Waals surface area (Å²) in [7, 11) is 3.35. The normalized spacial score (nSPS) is 16.9. The van der Waals surface area contributed by atoms with Crippen LogP contribution in [-0.4, -0.2) is 83.6 Å². The van der Waals surface area contributed by atoms with Gasteiger partial charge in [-0.2, -0.15) is 4.98 Å². The van der Waals surface area contributed by atoms with Gasteiger partial charge in [-0.15, -0.1) is 0 Å². The molecular weight excluding hydrogens is 537 g/mol. The molecule has 1 aliphatic heterocycles. The van der Waals surface area contributed by atoms with Gasteiger partial charge in [0.05, 0.1) is 5.76 Å². The van der Waals surface area contributed by atoms with Crippen LogP contribution in [0.3, 0.4) is 0 Å². The summed E-state index contributed by atoms with van der Waals surface area (Å²) in [6.07, 6.45) is 2.19. The smallest absolute Gasteiger partial charge is 0.314 e. The number of amides is 3. The summed E-state index contributed by atoms with van der Waals surface area (Å²) in [5, 5.41) is 14.1. The highest BCUT2D eigenvalue weighted by Crippen LogP contribution is 2.42. The quantitative estimate of drug-likeness (QED) is 0.415. The zero-order valence-corrected chi connectivity index (χ0v) is 23.1. The number of piperazine rings is 1. The number of carbonyl (C=O) groups excluding carboxylic acids is 2. The summed E-state index contributed by atoms with van der Waals surface area (Å²) in [6, 6.07) is 8.72. The van der Waals surface area contributed by atoms with E-state index in [1.54, 1.807) is 26.2 Å². The maximum Gasteiger partial charge on any atom is 0.314 e. The number of anilines is 2. The minimum absolute atomic E-state index is 0.0686. The van der Waals surface area contributed by atoms with Crippen LogP contribution in [0.2, 0.25) is 5.02 Å². The number of urea groups is 1. The first-order chi connectivity index (χ1) is 19.1. The number of carbonyl (C=O) groups is 2. The van der Waals surface area contributed by atoms with E-state index in [1.165, 1.54) is 9.80 Å². The third kappa shape index (κ3) is 5.33. The zero-order chi connectivity index (χ0) is 28.6. The van der Waals surface area contributed by atoms with Crippen LogP contribution in [0, 0.1) is 5.82 Å². The molecule has 0 saturated carbocycles. The Labute approximate surface area is 236 Å². The van der Waals surface area contributed by atoms with E-state index in [-0.39, 0.29) is 46.7 Å². The Kier molecular flexibility index (Phi) is 7.66. The van der Waals surface area contributed by atoms with E-state index < -0.39 is 17.8 Å². The first kappa shape index (κ1) is 27.4. The van der Waals surface area contributed by atoms with Crippen molar-refractivity contribution in [1.29, 1.82) is 0 Å². The van der Waals surface area contributed by atoms with Gasteiger partial charge in [0.15, 0.2) is 5.82 Å². The number of hydrogen-bond acceptors (Lipinski definition) is 7. The molecule has 1 aromatic heterocycles. The van der Waals surface area contributed by atoms with Gasteiger partial charge in [-0.1, -0.05) is 35.9 Å². The Morgan fingerprint density at radius 1 is 1.20 bits per heavy atom. The third-order valence-electron chi connectivity index (χ3n) is 7.34. The summed E-state index contributed by atoms with van der Waals surface area (Å²) in [6.45, 7) is 1.89. The van der Waals surface area contributed by atoms with E-state index in [4.69, 9.17) is 17.3 Å². The van der Waals surface area contributed by atoms with E-state index >= 15 is 4.39 Å². The highest BCUT2D eigenvalue weighted by Gasteiger charge is 2.30. The minimum Gasteiger partial charge on any atom is -0.512 e. The Bertz CT molecular complexity index is 1500. The van der Waals surface area contributed by atoms with Crippen LogP contribution in [0.5, 0.6) is 0 Å². The molecule has 3 aromatic rings. The van der Waals surface area contributed by atoms with Crippen molar-refractivity contribution in [2.75, 3.05) is 57.0 Å². The largest absolute Gasteiger partial charge is 0.512 e. The van der Waals surface area contributed by atoms with Gasteiger partial charge < -0.3 is 30.9 Å². The monoisotopic (exact) mass is 567 g/mol. The van der Waals surface area contributed by atoms with Crippen molar-refractivity contribution < 1.29 is 19.1 Å². The predicted octanol–water partition coefficient (Wildman–Crippen LogP) is 3.64. The van der Waals surface area contributed by atoms with Crippen molar-refractivity contribution in [2.45, 2.75) is 18.8 Å². The van der Waals surface area contributed by atoms with Gasteiger partial charge in [-0.25, -0.2) is 14.2 Å². The van der Waals surface area contributed by atoms with Crippen molar-refractivity contribution in [3.8, 4) is 0 Å². The SMILES string of the molecule is CN(C)C(=O)CCNc1nc(N2CCN(C(N)=O)CC2)c2cc(Cl)c([C@H]3C=C(O)Cc4ccccc43)c(F)c2n1. The van der Waals surface area contributed by atoms with Crippen LogP contribution in [-0.2, 0) is 11.2 Å². The lowest BCUT2D eigenvalue weighted by atomic mass is 9.82. The Morgan fingerprint density at radius 3 is 2.62 bits per heavy atom. The molecule has 40 heavy (non-hydrogen) atoms. The highest BCUT2D eigenvalue weighted by molar-refractivity contribution is 6.32. The molecule has 0 radical (unpaired) electrons. The van der Waals surface area contributed by atoms with Crippen molar-refractivity contribution in [3.63, 3.8) is 0 Å². The summed E-state index contributed by atoms with van der Waals surface area (Å²) in [4.78, 5) is 37.9. The lowest BCUT2D eigenvalue weighted by Crippen LogP contribution is -2.50. The number of nitrogens with two attached hydrogens (primary N) is 1. The number of benzene rings is 2. The highest BCUT2D eigenvalue weighted by atomic mass is 35.5. The zero-order valence-electron chi connectivity index (χ0n) is 22.3. The number of fused-ring (bicyclic) bond motifs is 2. The number of nitrogens with zero attached hydrogens (tertiary/aromatic N) is 5. The summed E-state index contributed by atoms with van der Waals surface area (Å²) in [5.41, 5.74) is 7.49. The van der Waals surface area contributed by atoms with Crippen LogP contribution < -0.4 is 16.0 Å². The molecular formula is C28H31ClFN7O3. The molecule has 0 bridgehead atoms. The van der Waals surface area contributed by atoms with Crippen molar-refractivity contribution in [2.24, 2.45) is 5.73 Å². The van der Waals surface area contributed by atoms with Crippen LogP contribution >= 0.6 is 11.6 Å². The lowest BCUT2D eigenvalue weighted by molar-refractivity contribution is -0.128. The average Bonchev–Trinajstić information content (AvgIpc) is 2.93. The second kappa shape index (κ2) is 11.2. The number of allylic oxidation sites excluding steroid dienone is 2. The molecule has 2 aliphatic rings. The molecule has 12 heteroatoms. The van der Waals surface area contributed by atoms with Crippen LogP contribution in [0.25, 0.3) is 10.9 Å². The molecule has 2 aromatic carbocycles. The number of halogens is 2. The molecule has 1 saturated heterocycles. The van der Waals surface area contributed by atoms with Crippen LogP contribution in [0.1, 0.15) is 29.0 Å². The number of aliphatic hydroxyl groups is 1. The van der Waals surface area contributed by atoms with Crippen LogP contribution in [0.15, 0.2) is 42.2 Å². The maximum atomic E-state index is 16.5. The molecule has 5 rings (SSSR count). The molecule has 10 nitrogen and oxygen atoms in total. The summed E-state index contributed by atoms with van der Waals surface area (Å²) < 4.78 is 16.5. The lowest BCUT2D eigenvalue weighted by Gasteiger charge is -2.35. The molecule has 1 fully saturated rings. The van der Waals surface area contributed by atoms with E-state index in [0.717, 1.165) is 11.1 Å². The summed E-state index contributed by atoms with van der Waals surface area (Å²) in [5.74, 6) is -0.512. The maximum absolute atomic E-state index is 16.5. The first-order valence-corrected chi connectivity index (χ1v) is 13.4. The second-order valence-corrected chi connectivity index (χ2v) is 10.5. The first-order valence-electron chi connectivity index (χ1n) is 13.0. The van der Waals surface area contributed by atoms with Gasteiger partial charge in [-0.3, -0.25) is 4.79 Å². The second-order valence-electron chi connectivity index (χ2n) is 10.1. The van der Waals surface area contributed by atoms with Gasteiger partial charge in [-0.05, 0) is 23.3 Å². The number of rotatable bonds is 6. The Hall–Kier alpha value is -4.12. The molecule has 210 valence electrons. The van der Waals surface area contributed by atoms with Gasteiger partial charge in [0.25, 0.3) is 0 Å². The number of nitrogens with one attached hydrogen (secondary N) is 1. The topological polar surface area (TPSA) is 128 Å². The Morgan fingerprint density at radius 2 is 1.93 bits per heavy atom. The van der Waals surface area contributed by atoms with E-state index in [0.29, 0.717) is 43.8 Å². The average molecular weight is 568 g/mol. The number of primary amides is 1. The number of aliphatic hydroxyl groups excluding tert-OH is 1. The van der Waals surface area contributed by atoms with Crippen molar-refractivity contribution >= 4 is 46.2 Å². The standard InChI is InChI=1S/C28H31ClFN7O3/c1-35(2)22(39)7-8-32-28-33-25-20(26(34-28)36-9-11-37(12-10-36)27(31)40)15-21(29)23(24(25)30)19-14-17(38)13-16-5-3-4-6-18(16)19/h3-6,14-15,19,38H,7-13H2,1-2H3,(H2,31,40)(H,32,33,34)/t19-/m0/s1. The van der Waals surface area contributed by atoms with E-state index in [2.05, 4.69) is 15.3 Å². The number of hydrogen-bond donors (Lipinski definition) is 3. The Balaban J connectivity index is 1.60. The van der Waals surface area contributed by atoms with Crippen LogP contribution in [0.4, 0.5) is 21.0 Å². The molecule has 1 atom stereocenters. The third-order valence-corrected chi connectivity index (χ3v) is 7.65. The molecule has 4 N–H and O–H groups in total. The van der Waals surface area contributed by atoms with Crippen molar-refractivity contribution in [3.05, 3.63) is 69.7 Å². The van der Waals surface area contributed by atoms with E-state index in [1.807, 2.05) is 29.2 Å². The van der Waals surface area contributed by atoms with E-state index in [9.17, 15) is 14.7 Å². The fraction of sp³-hybridized carbons (Fsp3) is 0.357. The molecule has 1 aliphatic carbocycles.